The van der Waals surface area contributed by atoms with Crippen molar-refractivity contribution in [1.82, 2.24) is 19.7 Å². The zero-order chi connectivity index (χ0) is 17.6. The van der Waals surface area contributed by atoms with E-state index in [0.29, 0.717) is 11.3 Å². The molecule has 4 rings (SSSR count). The van der Waals surface area contributed by atoms with Crippen LogP contribution in [0.2, 0.25) is 0 Å². The Morgan fingerprint density at radius 2 is 2.08 bits per heavy atom. The average molecular weight is 334 g/mol. The Morgan fingerprint density at radius 3 is 2.92 bits per heavy atom. The molecule has 5 heteroatoms. The molecule has 0 saturated carbocycles. The Kier molecular flexibility index (Phi) is 3.60. The first-order valence-corrected chi connectivity index (χ1v) is 8.70. The Bertz CT molecular complexity index is 975. The van der Waals surface area contributed by atoms with Crippen LogP contribution in [0.3, 0.4) is 0 Å². The second-order valence-corrected chi connectivity index (χ2v) is 7.12. The van der Waals surface area contributed by atoms with Crippen LogP contribution in [0.15, 0.2) is 36.7 Å². The van der Waals surface area contributed by atoms with Crippen molar-refractivity contribution in [2.24, 2.45) is 0 Å². The summed E-state index contributed by atoms with van der Waals surface area (Å²) < 4.78 is 1.86. The van der Waals surface area contributed by atoms with Crippen LogP contribution in [0.25, 0.3) is 5.65 Å². The van der Waals surface area contributed by atoms with Gasteiger partial charge in [-0.25, -0.2) is 9.97 Å². The van der Waals surface area contributed by atoms with E-state index in [2.05, 4.69) is 40.4 Å². The van der Waals surface area contributed by atoms with Crippen LogP contribution in [0.1, 0.15) is 52.8 Å². The molecule has 1 aliphatic rings. The molecule has 0 bridgehead atoms. The lowest BCUT2D eigenvalue weighted by atomic mass is 9.77. The van der Waals surface area contributed by atoms with Gasteiger partial charge in [0.1, 0.15) is 6.33 Å². The summed E-state index contributed by atoms with van der Waals surface area (Å²) in [6, 6.07) is 10.3. The molecule has 1 aromatic carbocycles. The second-order valence-electron chi connectivity index (χ2n) is 7.12. The minimum atomic E-state index is -0.374. The van der Waals surface area contributed by atoms with Gasteiger partial charge in [-0.05, 0) is 57.2 Å². The van der Waals surface area contributed by atoms with Crippen molar-refractivity contribution in [2.45, 2.75) is 45.6 Å². The molecular weight excluding hydrogens is 312 g/mol. The molecule has 1 unspecified atom stereocenters. The fourth-order valence-corrected chi connectivity index (χ4v) is 3.92. The summed E-state index contributed by atoms with van der Waals surface area (Å²) in [4.78, 5) is 21.9. The number of fused-ring (bicyclic) bond motifs is 2. The van der Waals surface area contributed by atoms with Gasteiger partial charge in [-0.3, -0.25) is 9.20 Å². The third-order valence-corrected chi connectivity index (χ3v) is 5.16. The highest BCUT2D eigenvalue weighted by molar-refractivity contribution is 5.98. The number of amides is 1. The van der Waals surface area contributed by atoms with E-state index in [1.54, 1.807) is 6.33 Å². The molecule has 2 heterocycles. The minimum Gasteiger partial charge on any atom is -0.341 e. The van der Waals surface area contributed by atoms with Crippen molar-refractivity contribution in [3.63, 3.8) is 0 Å². The van der Waals surface area contributed by atoms with E-state index in [-0.39, 0.29) is 11.4 Å². The summed E-state index contributed by atoms with van der Waals surface area (Å²) >= 11 is 0. The number of aromatic nitrogens is 3. The normalized spacial score (nSPS) is 19.6. The van der Waals surface area contributed by atoms with Crippen LogP contribution in [-0.2, 0) is 12.0 Å². The SMILES string of the molecule is Cc1cc(C)n2cnc(C(=O)NC3(C)CCCc4ccccc43)c2n1. The number of imidazole rings is 1. The second kappa shape index (κ2) is 5.69. The predicted octanol–water partition coefficient (Wildman–Crippen LogP) is 3.33. The largest absolute Gasteiger partial charge is 0.341 e. The van der Waals surface area contributed by atoms with Crippen LogP contribution in [0.5, 0.6) is 0 Å². The molecule has 5 nitrogen and oxygen atoms in total. The number of benzene rings is 1. The zero-order valence-corrected chi connectivity index (χ0v) is 14.8. The molecule has 1 N–H and O–H groups in total. The number of nitrogens with zero attached hydrogens (tertiary/aromatic N) is 3. The van der Waals surface area contributed by atoms with Crippen LogP contribution in [0, 0.1) is 13.8 Å². The van der Waals surface area contributed by atoms with Gasteiger partial charge >= 0.3 is 0 Å². The average Bonchev–Trinajstić information content (AvgIpc) is 2.99. The van der Waals surface area contributed by atoms with Gasteiger partial charge in [0.2, 0.25) is 0 Å². The lowest BCUT2D eigenvalue weighted by Gasteiger charge is -2.36. The molecule has 0 spiro atoms. The number of carbonyl (C=O) groups excluding carboxylic acids is 1. The molecule has 25 heavy (non-hydrogen) atoms. The van der Waals surface area contributed by atoms with Gasteiger partial charge in [0, 0.05) is 11.4 Å². The van der Waals surface area contributed by atoms with Crippen LogP contribution in [0.4, 0.5) is 0 Å². The molecule has 0 aliphatic heterocycles. The lowest BCUT2D eigenvalue weighted by molar-refractivity contribution is 0.0892. The molecule has 1 amide bonds. The monoisotopic (exact) mass is 334 g/mol. The van der Waals surface area contributed by atoms with Gasteiger partial charge in [-0.15, -0.1) is 0 Å². The summed E-state index contributed by atoms with van der Waals surface area (Å²) in [5, 5.41) is 3.23. The Labute approximate surface area is 147 Å². The summed E-state index contributed by atoms with van der Waals surface area (Å²) in [6.07, 6.45) is 4.72. The van der Waals surface area contributed by atoms with E-state index >= 15 is 0 Å². The van der Waals surface area contributed by atoms with Crippen LogP contribution in [-0.4, -0.2) is 20.3 Å². The lowest BCUT2D eigenvalue weighted by Crippen LogP contribution is -2.45. The number of rotatable bonds is 2. The summed E-state index contributed by atoms with van der Waals surface area (Å²) in [5.41, 5.74) is 5.05. The molecule has 1 atom stereocenters. The highest BCUT2D eigenvalue weighted by Gasteiger charge is 2.34. The highest BCUT2D eigenvalue weighted by Crippen LogP contribution is 2.35. The first-order valence-electron chi connectivity index (χ1n) is 8.70. The van der Waals surface area contributed by atoms with Crippen molar-refractivity contribution in [2.75, 3.05) is 0 Å². The fraction of sp³-hybridized carbons (Fsp3) is 0.350. The van der Waals surface area contributed by atoms with Gasteiger partial charge < -0.3 is 5.32 Å². The van der Waals surface area contributed by atoms with E-state index in [1.165, 1.54) is 11.1 Å². The van der Waals surface area contributed by atoms with Crippen molar-refractivity contribution in [3.05, 3.63) is 64.9 Å². The smallest absolute Gasteiger partial charge is 0.274 e. The van der Waals surface area contributed by atoms with Gasteiger partial charge in [0.25, 0.3) is 5.91 Å². The predicted molar refractivity (Wildman–Crippen MR) is 96.7 cm³/mol. The topological polar surface area (TPSA) is 59.3 Å². The molecule has 0 saturated heterocycles. The van der Waals surface area contributed by atoms with E-state index in [4.69, 9.17) is 0 Å². The minimum absolute atomic E-state index is 0.167. The van der Waals surface area contributed by atoms with E-state index in [0.717, 1.165) is 30.7 Å². The Hall–Kier alpha value is -2.69. The Balaban J connectivity index is 1.72. The van der Waals surface area contributed by atoms with Gasteiger partial charge in [-0.1, -0.05) is 24.3 Å². The standard InChI is InChI=1S/C20H22N4O/c1-13-11-14(2)24-12-21-17(18(24)22-13)19(25)23-20(3)10-6-8-15-7-4-5-9-16(15)20/h4-5,7,9,11-12H,6,8,10H2,1-3H3,(H,23,25). The summed E-state index contributed by atoms with van der Waals surface area (Å²) in [7, 11) is 0. The van der Waals surface area contributed by atoms with Crippen molar-refractivity contribution < 1.29 is 4.79 Å². The summed E-state index contributed by atoms with van der Waals surface area (Å²) in [6.45, 7) is 6.02. The van der Waals surface area contributed by atoms with Crippen molar-refractivity contribution in [1.29, 1.82) is 0 Å². The molecule has 0 fully saturated rings. The maximum atomic E-state index is 13.0. The molecule has 0 radical (unpaired) electrons. The van der Waals surface area contributed by atoms with Gasteiger partial charge in [0.15, 0.2) is 11.3 Å². The maximum Gasteiger partial charge on any atom is 0.274 e. The van der Waals surface area contributed by atoms with Crippen LogP contribution >= 0.6 is 0 Å². The first-order chi connectivity index (χ1) is 12.0. The molecule has 2 aromatic heterocycles. The van der Waals surface area contributed by atoms with Gasteiger partial charge in [0.05, 0.1) is 5.54 Å². The number of hydrogen-bond donors (Lipinski definition) is 1. The molecular formula is C20H22N4O. The molecule has 128 valence electrons. The molecule has 1 aliphatic carbocycles. The highest BCUT2D eigenvalue weighted by atomic mass is 16.2. The third kappa shape index (κ3) is 2.60. The summed E-state index contributed by atoms with van der Waals surface area (Å²) in [5.74, 6) is -0.167. The third-order valence-electron chi connectivity index (χ3n) is 5.16. The van der Waals surface area contributed by atoms with E-state index in [1.807, 2.05) is 30.4 Å². The fourth-order valence-electron chi connectivity index (χ4n) is 3.92. The number of hydrogen-bond acceptors (Lipinski definition) is 3. The zero-order valence-electron chi connectivity index (χ0n) is 14.8. The number of carbonyl (C=O) groups is 1. The van der Waals surface area contributed by atoms with E-state index < -0.39 is 0 Å². The Morgan fingerprint density at radius 1 is 1.28 bits per heavy atom. The van der Waals surface area contributed by atoms with E-state index in [9.17, 15) is 4.79 Å². The van der Waals surface area contributed by atoms with Crippen molar-refractivity contribution >= 4 is 11.6 Å². The van der Waals surface area contributed by atoms with Crippen molar-refractivity contribution in [3.8, 4) is 0 Å². The quantitative estimate of drug-likeness (QED) is 0.782. The van der Waals surface area contributed by atoms with Gasteiger partial charge in [-0.2, -0.15) is 0 Å². The number of nitrogens with one attached hydrogen (secondary N) is 1. The maximum absolute atomic E-state index is 13.0. The first kappa shape index (κ1) is 15.8. The number of aryl methyl sites for hydroxylation is 3. The van der Waals surface area contributed by atoms with Crippen LogP contribution < -0.4 is 5.32 Å². The molecule has 3 aromatic rings.